The van der Waals surface area contributed by atoms with Crippen LogP contribution in [-0.2, 0) is 6.61 Å². The molecule has 2 heterocycles. The summed E-state index contributed by atoms with van der Waals surface area (Å²) in [7, 11) is 0. The molecule has 0 radical (unpaired) electrons. The molecule has 0 spiro atoms. The van der Waals surface area contributed by atoms with Gasteiger partial charge in [-0.1, -0.05) is 24.3 Å². The molecule has 0 atom stereocenters. The predicted octanol–water partition coefficient (Wildman–Crippen LogP) is 1.03. The summed E-state index contributed by atoms with van der Waals surface area (Å²) in [6.07, 6.45) is 0. The third-order valence-corrected chi connectivity index (χ3v) is 5.18. The monoisotopic (exact) mass is 518 g/mol. The van der Waals surface area contributed by atoms with E-state index in [0.717, 1.165) is 17.8 Å². The minimum atomic E-state index is -3.53. The van der Waals surface area contributed by atoms with Crippen molar-refractivity contribution in [2.24, 2.45) is 0 Å². The van der Waals surface area contributed by atoms with Gasteiger partial charge in [0, 0.05) is 10.8 Å². The fourth-order valence-corrected chi connectivity index (χ4v) is 3.83. The standard InChI is InChI=1S/C21H22N6O10/c1-14-6-5-7-15(22-14)13-37-17-10-11-18-19(12-17)20(25(28,29)30)23(16-8-3-2-4-9-16)24(27(34,35)36)21(18)26(31,32)33/h2-12,28-29,31-32,34-35H,13H2,1H3. The van der Waals surface area contributed by atoms with E-state index in [9.17, 15) is 46.9 Å². The van der Waals surface area contributed by atoms with Gasteiger partial charge in [-0.3, -0.25) is 4.98 Å². The smallest absolute Gasteiger partial charge is 0.354 e. The fourth-order valence-electron chi connectivity index (χ4n) is 3.83. The number of anilines is 1. The molecular weight excluding hydrogens is 496 g/mol. The molecule has 2 aromatic carbocycles. The van der Waals surface area contributed by atoms with Crippen molar-refractivity contribution in [2.45, 2.75) is 13.5 Å². The second-order valence-electron chi connectivity index (χ2n) is 7.95. The summed E-state index contributed by atoms with van der Waals surface area (Å²) in [5, 5.41) is 92.4. The molecular formula is C21H22N6O10. The summed E-state index contributed by atoms with van der Waals surface area (Å²) in [6, 6.07) is 15.0. The van der Waals surface area contributed by atoms with E-state index in [1.54, 1.807) is 25.1 Å². The summed E-state index contributed by atoms with van der Waals surface area (Å²) in [5.74, 6) is -2.56. The molecule has 6 N–H and O–H groups in total. The van der Waals surface area contributed by atoms with Crippen molar-refractivity contribution in [3.8, 4) is 5.75 Å². The number of aryl methyl sites for hydroxylation is 1. The molecule has 196 valence electrons. The Kier molecular flexibility index (Phi) is 6.60. The Morgan fingerprint density at radius 3 is 2.00 bits per heavy atom. The quantitative estimate of drug-likeness (QED) is 0.190. The van der Waals surface area contributed by atoms with Crippen molar-refractivity contribution in [3.05, 3.63) is 104 Å². The maximum atomic E-state index is 12.6. The second kappa shape index (κ2) is 9.28. The maximum absolute atomic E-state index is 12.6. The van der Waals surface area contributed by atoms with E-state index in [-0.39, 0.29) is 28.2 Å². The van der Waals surface area contributed by atoms with Crippen molar-refractivity contribution in [2.75, 3.05) is 5.01 Å². The van der Waals surface area contributed by atoms with Crippen LogP contribution in [0.2, 0.25) is 0 Å². The van der Waals surface area contributed by atoms with Gasteiger partial charge in [0.05, 0.1) is 26.9 Å². The van der Waals surface area contributed by atoms with Crippen molar-refractivity contribution < 1.29 is 51.0 Å². The van der Waals surface area contributed by atoms with Gasteiger partial charge in [-0.05, 0) is 59.3 Å². The van der Waals surface area contributed by atoms with Crippen molar-refractivity contribution in [1.82, 2.24) is 10.1 Å². The van der Waals surface area contributed by atoms with Crippen LogP contribution < -0.4 is 20.2 Å². The lowest BCUT2D eigenvalue weighted by Crippen LogP contribution is -2.70. The van der Waals surface area contributed by atoms with E-state index in [1.807, 2.05) is 0 Å². The average Bonchev–Trinajstić information content (AvgIpc) is 2.79. The van der Waals surface area contributed by atoms with E-state index in [4.69, 9.17) is 4.74 Å². The summed E-state index contributed by atoms with van der Waals surface area (Å²) in [5.41, 5.74) is 0.962. The second-order valence-corrected chi connectivity index (χ2v) is 7.95. The molecule has 0 saturated carbocycles. The molecule has 4 rings (SSSR count). The summed E-state index contributed by atoms with van der Waals surface area (Å²) in [6.45, 7) is 1.71. The molecule has 3 aromatic rings. The first-order chi connectivity index (χ1) is 17.2. The molecule has 0 bridgehead atoms. The molecule has 37 heavy (non-hydrogen) atoms. The van der Waals surface area contributed by atoms with Crippen LogP contribution >= 0.6 is 0 Å². The van der Waals surface area contributed by atoms with Gasteiger partial charge in [-0.15, -0.1) is 5.01 Å². The van der Waals surface area contributed by atoms with Gasteiger partial charge in [0.15, 0.2) is 0 Å². The Balaban J connectivity index is 2.03. The van der Waals surface area contributed by atoms with Crippen LogP contribution in [0.4, 0.5) is 5.69 Å². The van der Waals surface area contributed by atoms with Crippen LogP contribution in [0, 0.1) is 22.5 Å². The van der Waals surface area contributed by atoms with Crippen LogP contribution in [-0.4, -0.2) is 56.4 Å². The van der Waals surface area contributed by atoms with Gasteiger partial charge >= 0.3 is 11.6 Å². The van der Waals surface area contributed by atoms with E-state index in [2.05, 4.69) is 4.98 Å². The molecule has 16 nitrogen and oxygen atoms in total. The van der Waals surface area contributed by atoms with E-state index >= 15 is 0 Å². The molecule has 0 fully saturated rings. The number of pyridine rings is 1. The summed E-state index contributed by atoms with van der Waals surface area (Å²) >= 11 is 0. The molecule has 1 aliphatic rings. The number of hydrazine groups is 1. The van der Waals surface area contributed by atoms with Gasteiger partial charge in [0.25, 0.3) is 0 Å². The summed E-state index contributed by atoms with van der Waals surface area (Å²) < 4.78 is 5.67. The van der Waals surface area contributed by atoms with Gasteiger partial charge < -0.3 is 20.4 Å². The lowest BCUT2D eigenvalue weighted by Gasteiger charge is -2.46. The Morgan fingerprint density at radius 2 is 1.43 bits per heavy atom. The van der Waals surface area contributed by atoms with Crippen LogP contribution in [0.5, 0.6) is 5.75 Å². The average molecular weight is 518 g/mol. The molecule has 0 aliphatic carbocycles. The normalized spacial score (nSPS) is 14.6. The lowest BCUT2D eigenvalue weighted by molar-refractivity contribution is -1.29. The number of ether oxygens (including phenoxy) is 1. The first-order valence-electron chi connectivity index (χ1n) is 10.5. The van der Waals surface area contributed by atoms with Gasteiger partial charge in [0.2, 0.25) is 0 Å². The molecule has 0 amide bonds. The lowest BCUT2D eigenvalue weighted by atomic mass is 10.2. The van der Waals surface area contributed by atoms with Gasteiger partial charge in [-0.2, -0.15) is 31.2 Å². The van der Waals surface area contributed by atoms with Gasteiger partial charge in [0.1, 0.15) is 12.4 Å². The molecule has 1 aromatic heterocycles. The molecule has 0 saturated heterocycles. The van der Waals surface area contributed by atoms with Crippen LogP contribution in [0.1, 0.15) is 11.4 Å². The van der Waals surface area contributed by atoms with E-state index in [1.165, 1.54) is 36.4 Å². The number of nitrogens with zero attached hydrogens (tertiary/aromatic N) is 6. The number of hydrogen-bond donors (Lipinski definition) is 6. The first kappa shape index (κ1) is 26.3. The number of benzene rings is 2. The Bertz CT molecular complexity index is 1420. The minimum absolute atomic E-state index is 0.00423. The van der Waals surface area contributed by atoms with Crippen LogP contribution in [0.15, 0.2) is 66.7 Å². The topological polar surface area (TPSA) is 219 Å². The molecule has 16 heteroatoms. The zero-order valence-corrected chi connectivity index (χ0v) is 19.1. The zero-order chi connectivity index (χ0) is 27.2. The fraction of sp³-hybridized carbons (Fsp3) is 0.0952. The minimum Gasteiger partial charge on any atom is -0.558 e. The highest BCUT2D eigenvalue weighted by molar-refractivity contribution is 5.67. The van der Waals surface area contributed by atoms with Crippen LogP contribution in [0.3, 0.4) is 0 Å². The highest BCUT2D eigenvalue weighted by atomic mass is 17.1. The SMILES string of the molecule is Cc1cccc(COc2ccc3c(c2)=C([N+]([O-])(O)O)N(c2ccccc2)N([N+]([O-])(O)O)C=3[N+]([O-])(O)O)n1. The number of hydroxylamine groups is 6. The first-order valence-corrected chi connectivity index (χ1v) is 10.5. The summed E-state index contributed by atoms with van der Waals surface area (Å²) in [4.78, 5) is -2.35. The number of aromatic nitrogens is 1. The van der Waals surface area contributed by atoms with Crippen LogP contribution in [0.25, 0.3) is 11.6 Å². The Labute approximate surface area is 207 Å². The number of quaternary nitrogens is 3. The van der Waals surface area contributed by atoms with Gasteiger partial charge in [-0.25, -0.2) is 0 Å². The largest absolute Gasteiger partial charge is 0.558 e. The van der Waals surface area contributed by atoms with Crippen molar-refractivity contribution in [1.29, 1.82) is 0 Å². The third-order valence-electron chi connectivity index (χ3n) is 5.18. The van der Waals surface area contributed by atoms with E-state index < -0.39 is 37.1 Å². The Morgan fingerprint density at radius 1 is 0.784 bits per heavy atom. The molecule has 1 aliphatic heterocycles. The Hall–Kier alpha value is -3.75. The number of para-hydroxylation sites is 1. The number of hydrogen-bond acceptors (Lipinski definition) is 13. The zero-order valence-electron chi connectivity index (χ0n) is 19.1. The van der Waals surface area contributed by atoms with Crippen molar-refractivity contribution >= 4 is 17.3 Å². The number of rotatable bonds is 7. The maximum Gasteiger partial charge on any atom is 0.354 e. The van der Waals surface area contributed by atoms with Crippen molar-refractivity contribution in [3.63, 3.8) is 0 Å². The third kappa shape index (κ3) is 5.35. The highest BCUT2D eigenvalue weighted by Crippen LogP contribution is 2.34. The van der Waals surface area contributed by atoms with E-state index in [0.29, 0.717) is 5.69 Å². The predicted molar refractivity (Wildman–Crippen MR) is 118 cm³/mol. The number of fused-ring (bicyclic) bond motifs is 1. The highest BCUT2D eigenvalue weighted by Gasteiger charge is 2.52. The molecule has 0 unspecified atom stereocenters.